The standard InChI is InChI=1S/C19H16ClFN4O3/c1-10(13-8-11-7-12(20)9-22-17(11)24-18(13)26)23-14-3-2-4-15(16(14)21)25-5-6-28-19(25)27/h2-4,7-10,23H,5-6H2,1H3,(H,22,24,26)/t10-/m0/s1. The molecule has 0 radical (unpaired) electrons. The van der Waals surface area contributed by atoms with Crippen LogP contribution in [0, 0.1) is 5.82 Å². The number of carbonyl (C=O) groups excluding carboxylic acids is 1. The van der Waals surface area contributed by atoms with E-state index in [0.29, 0.717) is 21.6 Å². The molecule has 4 rings (SSSR count). The highest BCUT2D eigenvalue weighted by Crippen LogP contribution is 2.30. The van der Waals surface area contributed by atoms with Gasteiger partial charge in [-0.3, -0.25) is 9.69 Å². The second-order valence-corrected chi connectivity index (χ2v) is 6.85. The van der Waals surface area contributed by atoms with E-state index in [1.165, 1.54) is 17.2 Å². The van der Waals surface area contributed by atoms with E-state index in [9.17, 15) is 14.0 Å². The number of halogens is 2. The fourth-order valence-corrected chi connectivity index (χ4v) is 3.33. The quantitative estimate of drug-likeness (QED) is 0.692. The number of hydrogen-bond acceptors (Lipinski definition) is 5. The molecule has 7 nitrogen and oxygen atoms in total. The van der Waals surface area contributed by atoms with Gasteiger partial charge in [-0.05, 0) is 31.2 Å². The Balaban J connectivity index is 1.66. The molecule has 2 aromatic heterocycles. The summed E-state index contributed by atoms with van der Waals surface area (Å²) < 4.78 is 19.8. The summed E-state index contributed by atoms with van der Waals surface area (Å²) in [6, 6.07) is 7.54. The Morgan fingerprint density at radius 2 is 2.18 bits per heavy atom. The monoisotopic (exact) mass is 402 g/mol. The van der Waals surface area contributed by atoms with E-state index in [1.807, 2.05) is 0 Å². The first-order chi connectivity index (χ1) is 13.4. The van der Waals surface area contributed by atoms with E-state index in [1.54, 1.807) is 31.2 Å². The van der Waals surface area contributed by atoms with Crippen LogP contribution in [-0.4, -0.2) is 29.2 Å². The van der Waals surface area contributed by atoms with Crippen molar-refractivity contribution in [3.63, 3.8) is 0 Å². The van der Waals surface area contributed by atoms with E-state index in [2.05, 4.69) is 15.3 Å². The minimum atomic E-state index is -0.588. The first kappa shape index (κ1) is 18.2. The van der Waals surface area contributed by atoms with Gasteiger partial charge < -0.3 is 15.0 Å². The number of anilines is 2. The number of nitrogens with zero attached hydrogens (tertiary/aromatic N) is 2. The summed E-state index contributed by atoms with van der Waals surface area (Å²) in [5.41, 5.74) is 0.798. The summed E-state index contributed by atoms with van der Waals surface area (Å²) in [5.74, 6) is -0.588. The minimum Gasteiger partial charge on any atom is -0.447 e. The molecule has 0 bridgehead atoms. The zero-order valence-electron chi connectivity index (χ0n) is 14.8. The number of fused-ring (bicyclic) bond motifs is 1. The molecule has 1 amide bonds. The summed E-state index contributed by atoms with van der Waals surface area (Å²) >= 11 is 5.97. The zero-order chi connectivity index (χ0) is 19.8. The van der Waals surface area contributed by atoms with Crippen molar-refractivity contribution in [1.82, 2.24) is 9.97 Å². The van der Waals surface area contributed by atoms with Crippen LogP contribution in [0.1, 0.15) is 18.5 Å². The molecule has 0 aliphatic carbocycles. The molecule has 1 saturated heterocycles. The number of H-pyrrole nitrogens is 1. The van der Waals surface area contributed by atoms with Crippen LogP contribution in [0.2, 0.25) is 5.02 Å². The predicted molar refractivity (Wildman–Crippen MR) is 105 cm³/mol. The Morgan fingerprint density at radius 1 is 1.36 bits per heavy atom. The van der Waals surface area contributed by atoms with Crippen molar-refractivity contribution in [1.29, 1.82) is 0 Å². The third-order valence-corrected chi connectivity index (χ3v) is 4.76. The van der Waals surface area contributed by atoms with Gasteiger partial charge in [-0.2, -0.15) is 0 Å². The summed E-state index contributed by atoms with van der Waals surface area (Å²) in [5, 5.41) is 4.12. The molecular weight excluding hydrogens is 387 g/mol. The van der Waals surface area contributed by atoms with Crippen molar-refractivity contribution in [2.75, 3.05) is 23.4 Å². The van der Waals surface area contributed by atoms with Gasteiger partial charge in [0.25, 0.3) is 5.56 Å². The number of benzene rings is 1. The highest BCUT2D eigenvalue weighted by molar-refractivity contribution is 6.31. The number of hydrogen-bond donors (Lipinski definition) is 2. The number of amides is 1. The molecule has 3 aromatic rings. The molecule has 9 heteroatoms. The fraction of sp³-hybridized carbons (Fsp3) is 0.211. The smallest absolute Gasteiger partial charge is 0.414 e. The van der Waals surface area contributed by atoms with E-state index in [-0.39, 0.29) is 30.1 Å². The maximum absolute atomic E-state index is 15.0. The van der Waals surface area contributed by atoms with E-state index >= 15 is 0 Å². The van der Waals surface area contributed by atoms with Crippen LogP contribution in [0.5, 0.6) is 0 Å². The van der Waals surface area contributed by atoms with Gasteiger partial charge in [0.15, 0.2) is 5.82 Å². The van der Waals surface area contributed by atoms with E-state index < -0.39 is 18.0 Å². The summed E-state index contributed by atoms with van der Waals surface area (Å²) in [7, 11) is 0. The van der Waals surface area contributed by atoms with Crippen LogP contribution < -0.4 is 15.8 Å². The highest BCUT2D eigenvalue weighted by Gasteiger charge is 2.27. The largest absolute Gasteiger partial charge is 0.447 e. The summed E-state index contributed by atoms with van der Waals surface area (Å²) in [6.07, 6.45) is 0.866. The number of carbonyl (C=O) groups is 1. The maximum Gasteiger partial charge on any atom is 0.414 e. The van der Waals surface area contributed by atoms with Crippen LogP contribution in [0.25, 0.3) is 11.0 Å². The topological polar surface area (TPSA) is 87.3 Å². The van der Waals surface area contributed by atoms with Crippen LogP contribution in [-0.2, 0) is 4.74 Å². The van der Waals surface area contributed by atoms with Crippen LogP contribution >= 0.6 is 11.6 Å². The Morgan fingerprint density at radius 3 is 2.93 bits per heavy atom. The molecular formula is C19H16ClFN4O3. The van der Waals surface area contributed by atoms with E-state index in [4.69, 9.17) is 16.3 Å². The third-order valence-electron chi connectivity index (χ3n) is 4.56. The first-order valence-corrected chi connectivity index (χ1v) is 8.99. The minimum absolute atomic E-state index is 0.128. The SMILES string of the molecule is C[C@H](Nc1cccc(N2CCOC2=O)c1F)c1cc2cc(Cl)cnc2[nH]c1=O. The number of rotatable bonds is 4. The van der Waals surface area contributed by atoms with Gasteiger partial charge in [0.2, 0.25) is 0 Å². The molecule has 1 aliphatic heterocycles. The maximum atomic E-state index is 15.0. The lowest BCUT2D eigenvalue weighted by atomic mass is 10.1. The number of aromatic nitrogens is 2. The number of nitrogens with one attached hydrogen (secondary N) is 2. The second kappa shape index (κ2) is 7.12. The van der Waals surface area contributed by atoms with Crippen molar-refractivity contribution >= 4 is 40.1 Å². The molecule has 1 atom stereocenters. The lowest BCUT2D eigenvalue weighted by molar-refractivity contribution is 0.181. The van der Waals surface area contributed by atoms with Gasteiger partial charge in [0.1, 0.15) is 12.3 Å². The Bertz CT molecular complexity index is 1130. The fourth-order valence-electron chi connectivity index (χ4n) is 3.17. The molecule has 1 fully saturated rings. The highest BCUT2D eigenvalue weighted by atomic mass is 35.5. The average Bonchev–Trinajstić information content (AvgIpc) is 3.09. The van der Waals surface area contributed by atoms with Gasteiger partial charge in [-0.15, -0.1) is 0 Å². The van der Waals surface area contributed by atoms with Crippen LogP contribution in [0.15, 0.2) is 41.3 Å². The Labute approximate surface area is 164 Å². The number of cyclic esters (lactones) is 1. The molecule has 3 heterocycles. The first-order valence-electron chi connectivity index (χ1n) is 8.62. The average molecular weight is 403 g/mol. The van der Waals surface area contributed by atoms with Gasteiger partial charge in [-0.1, -0.05) is 17.7 Å². The molecule has 0 saturated carbocycles. The van der Waals surface area contributed by atoms with Gasteiger partial charge >= 0.3 is 6.09 Å². The van der Waals surface area contributed by atoms with Gasteiger partial charge in [0.05, 0.1) is 29.0 Å². The number of aromatic amines is 1. The van der Waals surface area contributed by atoms with Gasteiger partial charge in [0, 0.05) is 17.1 Å². The normalized spacial score (nSPS) is 15.0. The molecule has 144 valence electrons. The summed E-state index contributed by atoms with van der Waals surface area (Å²) in [4.78, 5) is 32.2. The van der Waals surface area contributed by atoms with Crippen molar-refractivity contribution < 1.29 is 13.9 Å². The van der Waals surface area contributed by atoms with E-state index in [0.717, 1.165) is 0 Å². The van der Waals surface area contributed by atoms with Crippen molar-refractivity contribution in [2.24, 2.45) is 0 Å². The second-order valence-electron chi connectivity index (χ2n) is 6.42. The molecule has 1 aliphatic rings. The molecule has 0 unspecified atom stereocenters. The van der Waals surface area contributed by atoms with Crippen molar-refractivity contribution in [2.45, 2.75) is 13.0 Å². The number of pyridine rings is 2. The van der Waals surface area contributed by atoms with Gasteiger partial charge in [-0.25, -0.2) is 14.2 Å². The Hall–Kier alpha value is -3.13. The lowest BCUT2D eigenvalue weighted by Gasteiger charge is -2.19. The van der Waals surface area contributed by atoms with Crippen molar-refractivity contribution in [3.8, 4) is 0 Å². The third kappa shape index (κ3) is 3.27. The van der Waals surface area contributed by atoms with Crippen LogP contribution in [0.3, 0.4) is 0 Å². The number of ether oxygens (including phenoxy) is 1. The lowest BCUT2D eigenvalue weighted by Crippen LogP contribution is -2.25. The Kier molecular flexibility index (Phi) is 4.64. The predicted octanol–water partition coefficient (Wildman–Crippen LogP) is 3.85. The zero-order valence-corrected chi connectivity index (χ0v) is 15.6. The molecule has 1 aromatic carbocycles. The molecule has 2 N–H and O–H groups in total. The van der Waals surface area contributed by atoms with Crippen molar-refractivity contribution in [3.05, 3.63) is 63.3 Å². The summed E-state index contributed by atoms with van der Waals surface area (Å²) in [6.45, 7) is 2.24. The van der Waals surface area contributed by atoms with Crippen LogP contribution in [0.4, 0.5) is 20.6 Å². The molecule has 28 heavy (non-hydrogen) atoms. The molecule has 0 spiro atoms.